The van der Waals surface area contributed by atoms with Crippen molar-refractivity contribution in [3.63, 3.8) is 0 Å². The average molecular weight is 479 g/mol. The highest BCUT2D eigenvalue weighted by molar-refractivity contribution is 5.87. The molecule has 0 aliphatic carbocycles. The van der Waals surface area contributed by atoms with Crippen LogP contribution in [0.3, 0.4) is 0 Å². The van der Waals surface area contributed by atoms with Gasteiger partial charge in [-0.15, -0.1) is 0 Å². The fraction of sp³-hybridized carbons (Fsp3) is 0.346. The summed E-state index contributed by atoms with van der Waals surface area (Å²) >= 11 is 0. The number of amides is 2. The van der Waals surface area contributed by atoms with Crippen LogP contribution in [0, 0.1) is 0 Å². The fourth-order valence-electron chi connectivity index (χ4n) is 4.13. The van der Waals surface area contributed by atoms with Gasteiger partial charge in [-0.25, -0.2) is 4.79 Å². The molecule has 0 bridgehead atoms. The maximum atomic E-state index is 13.0. The van der Waals surface area contributed by atoms with Crippen molar-refractivity contribution in [2.75, 3.05) is 34.5 Å². The third-order valence-electron chi connectivity index (χ3n) is 6.13. The summed E-state index contributed by atoms with van der Waals surface area (Å²) in [6, 6.07) is 13.0. The number of aromatic nitrogens is 2. The topological polar surface area (TPSA) is 99.0 Å². The van der Waals surface area contributed by atoms with Crippen LogP contribution in [-0.4, -0.2) is 55.6 Å². The lowest BCUT2D eigenvalue weighted by molar-refractivity contribution is 0.158. The minimum Gasteiger partial charge on any atom is -0.493 e. The molecule has 1 aliphatic rings. The van der Waals surface area contributed by atoms with E-state index in [9.17, 15) is 4.79 Å². The van der Waals surface area contributed by atoms with Crippen molar-refractivity contribution >= 4 is 11.6 Å². The summed E-state index contributed by atoms with van der Waals surface area (Å²) in [4.78, 5) is 19.3. The predicted molar refractivity (Wildman–Crippen MR) is 131 cm³/mol. The van der Waals surface area contributed by atoms with E-state index in [0.29, 0.717) is 36.4 Å². The van der Waals surface area contributed by atoms with Crippen LogP contribution >= 0.6 is 0 Å². The Morgan fingerprint density at radius 1 is 1.06 bits per heavy atom. The van der Waals surface area contributed by atoms with Crippen LogP contribution in [0.1, 0.15) is 36.9 Å². The Hall–Kier alpha value is -3.85. The summed E-state index contributed by atoms with van der Waals surface area (Å²) in [5.41, 5.74) is 4.34. The van der Waals surface area contributed by atoms with Crippen molar-refractivity contribution in [2.24, 2.45) is 0 Å². The standard InChI is InChI=1S/C26H30N4O5/c1-6-17-7-9-18(10-8-17)23-22(16(2)30(13-14-32-3)26(31)27-23)25-28-24(29-35-25)19-11-12-20(33-4)21(15-19)34-5/h7-12,15,23H,6,13-14H2,1-5H3,(H,27,31). The zero-order valence-electron chi connectivity index (χ0n) is 20.6. The van der Waals surface area contributed by atoms with Gasteiger partial charge in [0.05, 0.1) is 39.0 Å². The minimum atomic E-state index is -0.439. The number of rotatable bonds is 9. The number of nitrogens with zero attached hydrogens (tertiary/aromatic N) is 3. The lowest BCUT2D eigenvalue weighted by Crippen LogP contribution is -2.47. The van der Waals surface area contributed by atoms with Gasteiger partial charge in [0.15, 0.2) is 11.5 Å². The highest BCUT2D eigenvalue weighted by Crippen LogP contribution is 2.38. The van der Waals surface area contributed by atoms with Crippen LogP contribution in [0.4, 0.5) is 4.79 Å². The first-order valence-electron chi connectivity index (χ1n) is 11.4. The summed E-state index contributed by atoms with van der Waals surface area (Å²) in [7, 11) is 4.76. The average Bonchev–Trinajstić information content (AvgIpc) is 3.37. The molecule has 2 amide bonds. The Morgan fingerprint density at radius 3 is 2.46 bits per heavy atom. The highest BCUT2D eigenvalue weighted by Gasteiger charge is 2.35. The van der Waals surface area contributed by atoms with Crippen molar-refractivity contribution in [1.29, 1.82) is 0 Å². The van der Waals surface area contributed by atoms with Crippen LogP contribution in [0.15, 0.2) is 52.7 Å². The van der Waals surface area contributed by atoms with Gasteiger partial charge in [-0.3, -0.25) is 4.90 Å². The zero-order valence-corrected chi connectivity index (χ0v) is 20.6. The van der Waals surface area contributed by atoms with E-state index < -0.39 is 6.04 Å². The number of hydrogen-bond donors (Lipinski definition) is 1. The molecular weight excluding hydrogens is 448 g/mol. The van der Waals surface area contributed by atoms with Gasteiger partial charge in [-0.2, -0.15) is 4.98 Å². The van der Waals surface area contributed by atoms with Crippen molar-refractivity contribution < 1.29 is 23.5 Å². The second-order valence-corrected chi connectivity index (χ2v) is 8.11. The first-order valence-corrected chi connectivity index (χ1v) is 11.4. The number of carbonyl (C=O) groups excluding carboxylic acids is 1. The molecular formula is C26H30N4O5. The van der Waals surface area contributed by atoms with Crippen molar-refractivity contribution in [3.8, 4) is 22.9 Å². The SMILES string of the molecule is CCc1ccc(C2NC(=O)N(CCOC)C(C)=C2c2nc(-c3ccc(OC)c(OC)c3)no2)cc1. The number of urea groups is 1. The molecule has 184 valence electrons. The van der Waals surface area contributed by atoms with Crippen molar-refractivity contribution in [2.45, 2.75) is 26.3 Å². The molecule has 0 radical (unpaired) electrons. The summed E-state index contributed by atoms with van der Waals surface area (Å²) in [6.07, 6.45) is 0.933. The molecule has 2 aromatic carbocycles. The molecule has 9 nitrogen and oxygen atoms in total. The van der Waals surface area contributed by atoms with Crippen LogP contribution in [0.5, 0.6) is 11.5 Å². The number of benzene rings is 2. The second kappa shape index (κ2) is 10.6. The maximum absolute atomic E-state index is 13.0. The van der Waals surface area contributed by atoms with Gasteiger partial charge in [0.2, 0.25) is 5.82 Å². The van der Waals surface area contributed by atoms with E-state index in [2.05, 4.69) is 29.5 Å². The molecule has 0 saturated heterocycles. The van der Waals surface area contributed by atoms with E-state index in [1.54, 1.807) is 38.4 Å². The molecule has 4 rings (SSSR count). The molecule has 0 fully saturated rings. The second-order valence-electron chi connectivity index (χ2n) is 8.11. The largest absolute Gasteiger partial charge is 0.493 e. The van der Waals surface area contributed by atoms with Gasteiger partial charge in [-0.05, 0) is 42.7 Å². The van der Waals surface area contributed by atoms with E-state index in [4.69, 9.17) is 23.7 Å². The smallest absolute Gasteiger partial charge is 0.322 e. The molecule has 0 saturated carbocycles. The third-order valence-corrected chi connectivity index (χ3v) is 6.13. The number of methoxy groups -OCH3 is 3. The molecule has 3 aromatic rings. The molecule has 1 unspecified atom stereocenters. The van der Waals surface area contributed by atoms with E-state index in [1.165, 1.54) is 5.56 Å². The highest BCUT2D eigenvalue weighted by atomic mass is 16.5. The van der Waals surface area contributed by atoms with Gasteiger partial charge >= 0.3 is 6.03 Å². The molecule has 35 heavy (non-hydrogen) atoms. The van der Waals surface area contributed by atoms with Gasteiger partial charge in [0, 0.05) is 18.4 Å². The third kappa shape index (κ3) is 4.85. The van der Waals surface area contributed by atoms with Crippen LogP contribution < -0.4 is 14.8 Å². The van der Waals surface area contributed by atoms with Gasteiger partial charge in [-0.1, -0.05) is 36.3 Å². The Morgan fingerprint density at radius 2 is 1.80 bits per heavy atom. The predicted octanol–water partition coefficient (Wildman–Crippen LogP) is 4.46. The first-order chi connectivity index (χ1) is 17.0. The van der Waals surface area contributed by atoms with Gasteiger partial charge < -0.3 is 24.1 Å². The Labute approximate surface area is 204 Å². The van der Waals surface area contributed by atoms with E-state index in [0.717, 1.165) is 28.8 Å². The molecule has 1 atom stereocenters. The van der Waals surface area contributed by atoms with E-state index >= 15 is 0 Å². The Kier molecular flexibility index (Phi) is 7.36. The summed E-state index contributed by atoms with van der Waals surface area (Å²) in [5, 5.41) is 7.32. The zero-order chi connectivity index (χ0) is 24.9. The van der Waals surface area contributed by atoms with E-state index in [-0.39, 0.29) is 6.03 Å². The fourth-order valence-corrected chi connectivity index (χ4v) is 4.13. The Balaban J connectivity index is 1.77. The monoisotopic (exact) mass is 478 g/mol. The number of ether oxygens (including phenoxy) is 3. The molecule has 1 N–H and O–H groups in total. The van der Waals surface area contributed by atoms with Crippen molar-refractivity contribution in [1.82, 2.24) is 20.4 Å². The van der Waals surface area contributed by atoms with Gasteiger partial charge in [0.1, 0.15) is 0 Å². The van der Waals surface area contributed by atoms with Crippen molar-refractivity contribution in [3.05, 3.63) is 65.2 Å². The molecule has 2 heterocycles. The quantitative estimate of drug-likeness (QED) is 0.485. The molecule has 1 aliphatic heterocycles. The summed E-state index contributed by atoms with van der Waals surface area (Å²) in [5.74, 6) is 1.91. The number of carbonyl (C=O) groups is 1. The first kappa shape index (κ1) is 24.3. The van der Waals surface area contributed by atoms with Crippen LogP contribution in [0.2, 0.25) is 0 Å². The Bertz CT molecular complexity index is 1220. The lowest BCUT2D eigenvalue weighted by Gasteiger charge is -2.35. The number of aryl methyl sites for hydroxylation is 1. The number of nitrogens with one attached hydrogen (secondary N) is 1. The molecule has 1 aromatic heterocycles. The van der Waals surface area contributed by atoms with E-state index in [1.807, 2.05) is 25.1 Å². The summed E-state index contributed by atoms with van der Waals surface area (Å²) < 4.78 is 21.7. The van der Waals surface area contributed by atoms with Crippen LogP contribution in [0.25, 0.3) is 17.0 Å². The minimum absolute atomic E-state index is 0.201. The molecule has 9 heteroatoms. The van der Waals surface area contributed by atoms with Gasteiger partial charge in [0.25, 0.3) is 5.89 Å². The lowest BCUT2D eigenvalue weighted by atomic mass is 9.93. The number of hydrogen-bond acceptors (Lipinski definition) is 7. The number of allylic oxidation sites excluding steroid dienone is 1. The maximum Gasteiger partial charge on any atom is 0.322 e. The summed E-state index contributed by atoms with van der Waals surface area (Å²) in [6.45, 7) is 4.79. The normalized spacial score (nSPS) is 15.9. The molecule has 0 spiro atoms. The van der Waals surface area contributed by atoms with Crippen LogP contribution in [-0.2, 0) is 11.2 Å².